The Balaban J connectivity index is 0.996. The first-order valence-corrected chi connectivity index (χ1v) is 29.2. The Hall–Kier alpha value is -8.50. The number of pyridine rings is 3. The van der Waals surface area contributed by atoms with E-state index >= 15 is 4.79 Å². The van der Waals surface area contributed by atoms with E-state index in [0.29, 0.717) is 120 Å². The largest absolute Gasteiger partial charge is 0.475 e. The quantitative estimate of drug-likeness (QED) is 0.0517. The Morgan fingerprint density at radius 2 is 1.06 bits per heavy atom. The van der Waals surface area contributed by atoms with Gasteiger partial charge in [0.1, 0.15) is 25.5 Å². The van der Waals surface area contributed by atoms with Gasteiger partial charge in [0, 0.05) is 80.4 Å². The van der Waals surface area contributed by atoms with E-state index in [1.807, 2.05) is 66.7 Å². The molecule has 0 spiro atoms. The topological polar surface area (TPSA) is 236 Å². The van der Waals surface area contributed by atoms with Crippen molar-refractivity contribution in [3.8, 4) is 57.5 Å². The number of carbonyl (C=O) groups is 3. The maximum atomic E-state index is 15.2. The molecular weight excluding hydrogens is 1180 g/mol. The lowest BCUT2D eigenvalue weighted by molar-refractivity contribution is 0.0639. The highest BCUT2D eigenvalue weighted by Gasteiger charge is 2.31. The molecule has 0 bridgehead atoms. The number of ether oxygens (including phenoxy) is 3. The Bertz CT molecular complexity index is 3830. The molecule has 0 aliphatic rings. The minimum atomic E-state index is -0.450. The second-order valence-corrected chi connectivity index (χ2v) is 21.8. The number of hydrogen-bond acceptors (Lipinski definition) is 17. The lowest BCUT2D eigenvalue weighted by Crippen LogP contribution is -2.42. The molecule has 9 rings (SSSR count). The van der Waals surface area contributed by atoms with Crippen LogP contribution in [-0.2, 0) is 12.8 Å². The minimum absolute atomic E-state index is 0.111. The molecule has 0 radical (unpaired) electrons. The maximum Gasteiger partial charge on any atom is 0.256 e. The van der Waals surface area contributed by atoms with Crippen molar-refractivity contribution in [3.05, 3.63) is 169 Å². The van der Waals surface area contributed by atoms with Gasteiger partial charge in [0.25, 0.3) is 17.7 Å². The van der Waals surface area contributed by atoms with Gasteiger partial charge in [-0.15, -0.1) is 25.5 Å². The van der Waals surface area contributed by atoms with E-state index in [0.717, 1.165) is 5.56 Å². The number of carbonyl (C=O) groups excluding carboxylic acids is 3. The zero-order valence-electron chi connectivity index (χ0n) is 48.4. The summed E-state index contributed by atoms with van der Waals surface area (Å²) in [5.41, 5.74) is 4.45. The Labute approximate surface area is 516 Å². The van der Waals surface area contributed by atoms with Crippen molar-refractivity contribution in [2.24, 2.45) is 0 Å². The summed E-state index contributed by atoms with van der Waals surface area (Å²) < 4.78 is 30.2. The molecule has 3 aromatic carbocycles. The zero-order valence-corrected chi connectivity index (χ0v) is 51.4. The van der Waals surface area contributed by atoms with Gasteiger partial charge in [0.15, 0.2) is 0 Å². The SMILES string of the molecule is CCN(C(=O)c1ccc(CCc2nnc(-c3c(C)cc(-c4cnn(-c5cc(Cl)ccc5C(=O)N(CC)[C@@H](C)COc5ccc(Cl)cn5)n4)cc3C(=O)N(CC)[C@@H](C)COc3ccc(Cl)cn3)o2)cc1-c1nnc(C)o1)[C@@H](C)COc1ccc(Cl)cn1. The van der Waals surface area contributed by atoms with Crippen LogP contribution in [0, 0.1) is 13.8 Å². The van der Waals surface area contributed by atoms with Crippen LogP contribution >= 0.6 is 46.4 Å². The predicted octanol–water partition coefficient (Wildman–Crippen LogP) is 12.0. The van der Waals surface area contributed by atoms with Crippen molar-refractivity contribution in [3.63, 3.8) is 0 Å². The molecule has 0 N–H and O–H groups in total. The van der Waals surface area contributed by atoms with Crippen molar-refractivity contribution in [2.75, 3.05) is 39.5 Å². The fourth-order valence-electron chi connectivity index (χ4n) is 9.63. The lowest BCUT2D eigenvalue weighted by Gasteiger charge is -2.29. The number of halogens is 4. The Morgan fingerprint density at radius 3 is 1.57 bits per heavy atom. The van der Waals surface area contributed by atoms with Crippen LogP contribution in [0.5, 0.6) is 17.6 Å². The van der Waals surface area contributed by atoms with Crippen molar-refractivity contribution < 1.29 is 37.4 Å². The van der Waals surface area contributed by atoms with E-state index in [4.69, 9.17) is 74.5 Å². The molecule has 0 fully saturated rings. The number of hydrogen-bond donors (Lipinski definition) is 0. The first-order valence-electron chi connectivity index (χ1n) is 27.7. The van der Waals surface area contributed by atoms with Gasteiger partial charge >= 0.3 is 0 Å². The fraction of sp³-hybridized carbons (Fsp3) is 0.311. The maximum absolute atomic E-state index is 15.2. The number of likely N-dealkylation sites (N-methyl/N-ethyl adjacent to an activating group) is 3. The number of aryl methyl sites for hydroxylation is 4. The van der Waals surface area contributed by atoms with Crippen LogP contribution in [0.3, 0.4) is 0 Å². The molecule has 3 atom stereocenters. The van der Waals surface area contributed by atoms with E-state index in [1.54, 1.807) is 94.6 Å². The molecule has 0 unspecified atom stereocenters. The van der Waals surface area contributed by atoms with Crippen LogP contribution in [0.2, 0.25) is 20.1 Å². The summed E-state index contributed by atoms with van der Waals surface area (Å²) in [6.07, 6.45) is 6.71. The molecule has 6 heterocycles. The summed E-state index contributed by atoms with van der Waals surface area (Å²) in [7, 11) is 0. The molecule has 9 aromatic rings. The Kier molecular flexibility index (Phi) is 20.3. The number of amides is 3. The smallest absolute Gasteiger partial charge is 0.256 e. The predicted molar refractivity (Wildman–Crippen MR) is 324 cm³/mol. The molecule has 0 saturated carbocycles. The molecule has 0 aliphatic carbocycles. The van der Waals surface area contributed by atoms with Crippen LogP contribution < -0.4 is 14.2 Å². The molecular formula is C61H61Cl4N13O8. The van der Waals surface area contributed by atoms with Gasteiger partial charge in [-0.25, -0.2) is 15.0 Å². The van der Waals surface area contributed by atoms with Gasteiger partial charge in [-0.1, -0.05) is 52.5 Å². The van der Waals surface area contributed by atoms with Crippen LogP contribution in [0.4, 0.5) is 0 Å². The molecule has 446 valence electrons. The van der Waals surface area contributed by atoms with Crippen molar-refractivity contribution in [2.45, 2.75) is 86.4 Å². The van der Waals surface area contributed by atoms with Crippen LogP contribution in [0.15, 0.2) is 119 Å². The molecule has 86 heavy (non-hydrogen) atoms. The first-order chi connectivity index (χ1) is 41.4. The average Bonchev–Trinajstić information content (AvgIpc) is 1.70. The van der Waals surface area contributed by atoms with E-state index in [9.17, 15) is 9.59 Å². The second kappa shape index (κ2) is 28.1. The summed E-state index contributed by atoms with van der Waals surface area (Å²) in [6, 6.07) is 22.8. The average molecular weight is 1250 g/mol. The van der Waals surface area contributed by atoms with Crippen molar-refractivity contribution >= 4 is 64.1 Å². The normalized spacial score (nSPS) is 12.3. The highest BCUT2D eigenvalue weighted by Crippen LogP contribution is 2.35. The summed E-state index contributed by atoms with van der Waals surface area (Å²) in [5, 5.41) is 28.6. The minimum Gasteiger partial charge on any atom is -0.475 e. The summed E-state index contributed by atoms with van der Waals surface area (Å²) >= 11 is 24.7. The van der Waals surface area contributed by atoms with Crippen LogP contribution in [-0.4, -0.2) is 140 Å². The third-order valence-corrected chi connectivity index (χ3v) is 15.0. The van der Waals surface area contributed by atoms with Crippen LogP contribution in [0.25, 0.3) is 39.9 Å². The molecule has 21 nitrogen and oxygen atoms in total. The first kappa shape index (κ1) is 62.0. The van der Waals surface area contributed by atoms with E-state index in [2.05, 4.69) is 40.4 Å². The molecule has 0 saturated heterocycles. The third-order valence-electron chi connectivity index (χ3n) is 14.1. The van der Waals surface area contributed by atoms with Gasteiger partial charge in [-0.3, -0.25) is 14.4 Å². The number of benzene rings is 3. The molecule has 6 aromatic heterocycles. The van der Waals surface area contributed by atoms with Gasteiger partial charge in [-0.05, 0) is 127 Å². The molecule has 3 amide bonds. The summed E-state index contributed by atoms with van der Waals surface area (Å²) in [5.74, 6) is 1.12. The monoisotopic (exact) mass is 1240 g/mol. The fourth-order valence-corrected chi connectivity index (χ4v) is 10.1. The van der Waals surface area contributed by atoms with E-state index in [-0.39, 0.29) is 73.4 Å². The lowest BCUT2D eigenvalue weighted by atomic mass is 9.95. The standard InChI is InChI=1S/C61H61Cl4N13O8/c1-9-75(36(5)32-82-52-21-15-43(63)28-66-52)59(79)46-18-12-40(25-48(46)57-72-70-39(8)85-57)13-20-55-71-73-58(86-55)56-35(4)24-41(26-49(56)61(81)77(11-3)38(7)34-84-54-23-17-45(65)30-68-54)50-31-69-78(74-50)51-27-42(62)14-19-47(51)60(80)76(10-2)37(6)33-83-53-22-16-44(64)29-67-53/h12,14-19,21-31,36-38H,9-11,13,20,32-34H2,1-8H3/t36-,37-,38-/m0/s1. The van der Waals surface area contributed by atoms with Gasteiger partial charge in [-0.2, -0.15) is 9.90 Å². The highest BCUT2D eigenvalue weighted by atomic mass is 35.5. The van der Waals surface area contributed by atoms with Gasteiger partial charge in [0.05, 0.1) is 72.9 Å². The molecule has 0 aliphatic heterocycles. The van der Waals surface area contributed by atoms with Crippen LogP contribution in [0.1, 0.15) is 95.5 Å². The molecule has 25 heteroatoms. The van der Waals surface area contributed by atoms with E-state index < -0.39 is 6.04 Å². The van der Waals surface area contributed by atoms with Crippen molar-refractivity contribution in [1.29, 1.82) is 0 Å². The van der Waals surface area contributed by atoms with Crippen molar-refractivity contribution in [1.82, 2.24) is 65.0 Å². The summed E-state index contributed by atoms with van der Waals surface area (Å²) in [6.45, 7) is 16.3. The van der Waals surface area contributed by atoms with Gasteiger partial charge in [0.2, 0.25) is 41.2 Å². The Morgan fingerprint density at radius 1 is 0.547 bits per heavy atom. The number of nitrogens with zero attached hydrogens (tertiary/aromatic N) is 13. The number of rotatable bonds is 25. The van der Waals surface area contributed by atoms with Gasteiger partial charge < -0.3 is 37.7 Å². The highest BCUT2D eigenvalue weighted by molar-refractivity contribution is 6.31. The summed E-state index contributed by atoms with van der Waals surface area (Å²) in [4.78, 5) is 63.0. The second-order valence-electron chi connectivity index (χ2n) is 20.1. The number of aromatic nitrogens is 10. The third kappa shape index (κ3) is 14.8. The van der Waals surface area contributed by atoms with E-state index in [1.165, 1.54) is 23.4 Å². The zero-order chi connectivity index (χ0) is 61.2.